The summed E-state index contributed by atoms with van der Waals surface area (Å²) in [6.07, 6.45) is 5.71. The zero-order valence-electron chi connectivity index (χ0n) is 11.3. The summed E-state index contributed by atoms with van der Waals surface area (Å²) in [5, 5.41) is 7.49. The van der Waals surface area contributed by atoms with Crippen molar-refractivity contribution in [3.8, 4) is 5.75 Å². The Morgan fingerprint density at radius 1 is 1.42 bits per heavy atom. The van der Waals surface area contributed by atoms with Crippen LogP contribution in [0.3, 0.4) is 0 Å². The topological polar surface area (TPSA) is 59.1 Å². The Bertz CT molecular complexity index is 461. The van der Waals surface area contributed by atoms with Crippen molar-refractivity contribution >= 4 is 5.84 Å². The average molecular weight is 264 g/mol. The Hall–Kier alpha value is -1.58. The van der Waals surface area contributed by atoms with E-state index in [1.165, 1.54) is 12.5 Å². The first-order valence-electron chi connectivity index (χ1n) is 6.93. The van der Waals surface area contributed by atoms with Crippen LogP contribution in [0.25, 0.3) is 0 Å². The SMILES string of the molecule is CCC1CCCCC1Oc1cccc(F)c1C(=N)N. The number of halogens is 1. The maximum absolute atomic E-state index is 13.7. The quantitative estimate of drug-likeness (QED) is 0.646. The second kappa shape index (κ2) is 6.04. The number of nitrogens with two attached hydrogens (primary N) is 1. The molecule has 19 heavy (non-hydrogen) atoms. The fourth-order valence-corrected chi connectivity index (χ4v) is 2.82. The van der Waals surface area contributed by atoms with E-state index in [9.17, 15) is 4.39 Å². The third-order valence-electron chi connectivity index (χ3n) is 3.89. The van der Waals surface area contributed by atoms with Crippen molar-refractivity contribution in [3.63, 3.8) is 0 Å². The van der Waals surface area contributed by atoms with Gasteiger partial charge in [-0.1, -0.05) is 19.4 Å². The Labute approximate surface area is 113 Å². The fraction of sp³-hybridized carbons (Fsp3) is 0.533. The molecule has 0 heterocycles. The van der Waals surface area contributed by atoms with Crippen LogP contribution in [0.4, 0.5) is 4.39 Å². The fourth-order valence-electron chi connectivity index (χ4n) is 2.82. The highest BCUT2D eigenvalue weighted by atomic mass is 19.1. The highest BCUT2D eigenvalue weighted by molar-refractivity contribution is 5.97. The second-order valence-electron chi connectivity index (χ2n) is 5.14. The molecule has 2 rings (SSSR count). The first-order valence-corrected chi connectivity index (χ1v) is 6.93. The van der Waals surface area contributed by atoms with E-state index in [1.54, 1.807) is 12.1 Å². The van der Waals surface area contributed by atoms with E-state index in [4.69, 9.17) is 15.9 Å². The lowest BCUT2D eigenvalue weighted by Gasteiger charge is -2.31. The average Bonchev–Trinajstić information content (AvgIpc) is 2.39. The van der Waals surface area contributed by atoms with Crippen molar-refractivity contribution in [2.75, 3.05) is 0 Å². The molecular weight excluding hydrogens is 243 g/mol. The largest absolute Gasteiger partial charge is 0.489 e. The molecule has 0 radical (unpaired) electrons. The van der Waals surface area contributed by atoms with Crippen LogP contribution in [0.1, 0.15) is 44.6 Å². The van der Waals surface area contributed by atoms with Gasteiger partial charge in [0.15, 0.2) is 0 Å². The van der Waals surface area contributed by atoms with E-state index in [0.717, 1.165) is 25.7 Å². The third-order valence-corrected chi connectivity index (χ3v) is 3.89. The van der Waals surface area contributed by atoms with Gasteiger partial charge >= 0.3 is 0 Å². The predicted octanol–water partition coefficient (Wildman–Crippen LogP) is 3.46. The summed E-state index contributed by atoms with van der Waals surface area (Å²) < 4.78 is 19.7. The number of amidine groups is 1. The van der Waals surface area contributed by atoms with E-state index >= 15 is 0 Å². The van der Waals surface area contributed by atoms with Gasteiger partial charge in [0.05, 0.1) is 5.56 Å². The second-order valence-corrected chi connectivity index (χ2v) is 5.14. The van der Waals surface area contributed by atoms with Crippen LogP contribution in [0.2, 0.25) is 0 Å². The minimum atomic E-state index is -0.492. The van der Waals surface area contributed by atoms with E-state index in [-0.39, 0.29) is 17.5 Å². The summed E-state index contributed by atoms with van der Waals surface area (Å²) in [5.74, 6) is 0.139. The highest BCUT2D eigenvalue weighted by Gasteiger charge is 2.26. The molecule has 1 aliphatic carbocycles. The minimum absolute atomic E-state index is 0.0860. The molecule has 3 N–H and O–H groups in total. The minimum Gasteiger partial charge on any atom is -0.489 e. The van der Waals surface area contributed by atoms with Crippen LogP contribution in [0.5, 0.6) is 5.75 Å². The number of rotatable bonds is 4. The van der Waals surface area contributed by atoms with E-state index in [2.05, 4.69) is 6.92 Å². The van der Waals surface area contributed by atoms with E-state index in [1.807, 2.05) is 0 Å². The standard InChI is InChI=1S/C15H21FN2O/c1-2-10-6-3-4-8-12(10)19-13-9-5-7-11(16)14(13)15(17)18/h5,7,9-10,12H,2-4,6,8H2,1H3,(H3,17,18). The molecule has 1 aromatic carbocycles. The Balaban J connectivity index is 2.22. The van der Waals surface area contributed by atoms with Gasteiger partial charge in [-0.05, 0) is 43.7 Å². The van der Waals surface area contributed by atoms with Crippen molar-refractivity contribution in [1.29, 1.82) is 5.41 Å². The van der Waals surface area contributed by atoms with Crippen molar-refractivity contribution in [2.45, 2.75) is 45.1 Å². The molecule has 1 aromatic rings. The number of hydrogen-bond donors (Lipinski definition) is 2. The van der Waals surface area contributed by atoms with Crippen LogP contribution >= 0.6 is 0 Å². The Kier molecular flexibility index (Phi) is 4.40. The van der Waals surface area contributed by atoms with Gasteiger partial charge < -0.3 is 10.5 Å². The normalized spacial score (nSPS) is 23.1. The molecule has 2 unspecified atom stereocenters. The molecule has 1 fully saturated rings. The Morgan fingerprint density at radius 2 is 2.16 bits per heavy atom. The van der Waals surface area contributed by atoms with Crippen LogP contribution < -0.4 is 10.5 Å². The van der Waals surface area contributed by atoms with Gasteiger partial charge in [0, 0.05) is 0 Å². The van der Waals surface area contributed by atoms with Crippen molar-refractivity contribution < 1.29 is 9.13 Å². The van der Waals surface area contributed by atoms with Crippen molar-refractivity contribution in [3.05, 3.63) is 29.6 Å². The van der Waals surface area contributed by atoms with Gasteiger partial charge in [0.25, 0.3) is 0 Å². The molecule has 0 spiro atoms. The molecule has 0 saturated heterocycles. The maximum Gasteiger partial charge on any atom is 0.137 e. The summed E-state index contributed by atoms with van der Waals surface area (Å²) in [6.45, 7) is 2.16. The molecule has 104 valence electrons. The molecule has 0 aliphatic heterocycles. The summed E-state index contributed by atoms with van der Waals surface area (Å²) in [4.78, 5) is 0. The molecule has 0 aromatic heterocycles. The molecule has 2 atom stereocenters. The van der Waals surface area contributed by atoms with Crippen LogP contribution in [-0.2, 0) is 0 Å². The number of hydrogen-bond acceptors (Lipinski definition) is 2. The highest BCUT2D eigenvalue weighted by Crippen LogP contribution is 2.32. The van der Waals surface area contributed by atoms with Gasteiger partial charge in [-0.3, -0.25) is 5.41 Å². The zero-order chi connectivity index (χ0) is 13.8. The zero-order valence-corrected chi connectivity index (χ0v) is 11.3. The lowest BCUT2D eigenvalue weighted by atomic mass is 9.84. The van der Waals surface area contributed by atoms with E-state index < -0.39 is 5.82 Å². The first-order chi connectivity index (χ1) is 9.13. The summed E-state index contributed by atoms with van der Waals surface area (Å²) >= 11 is 0. The predicted molar refractivity (Wildman–Crippen MR) is 74.1 cm³/mol. The van der Waals surface area contributed by atoms with Crippen LogP contribution in [0, 0.1) is 17.1 Å². The van der Waals surface area contributed by atoms with Crippen LogP contribution in [0.15, 0.2) is 18.2 Å². The summed E-state index contributed by atoms with van der Waals surface area (Å²) in [6, 6.07) is 4.60. The molecule has 0 amide bonds. The molecule has 1 aliphatic rings. The number of nitrogens with one attached hydrogen (secondary N) is 1. The first kappa shape index (κ1) is 13.8. The molecule has 0 bridgehead atoms. The van der Waals surface area contributed by atoms with E-state index in [0.29, 0.717) is 11.7 Å². The van der Waals surface area contributed by atoms with Gasteiger partial charge in [-0.15, -0.1) is 0 Å². The number of nitrogen functional groups attached to an aromatic ring is 1. The van der Waals surface area contributed by atoms with Gasteiger partial charge in [-0.2, -0.15) is 0 Å². The Morgan fingerprint density at radius 3 is 2.84 bits per heavy atom. The third kappa shape index (κ3) is 3.06. The number of benzene rings is 1. The van der Waals surface area contributed by atoms with Crippen molar-refractivity contribution in [1.82, 2.24) is 0 Å². The lowest BCUT2D eigenvalue weighted by molar-refractivity contribution is 0.0898. The molecular formula is C15H21FN2O. The molecule has 1 saturated carbocycles. The van der Waals surface area contributed by atoms with Gasteiger partial charge in [0.1, 0.15) is 23.5 Å². The van der Waals surface area contributed by atoms with Crippen molar-refractivity contribution in [2.24, 2.45) is 11.7 Å². The molecule has 3 nitrogen and oxygen atoms in total. The number of ether oxygens (including phenoxy) is 1. The monoisotopic (exact) mass is 264 g/mol. The maximum atomic E-state index is 13.7. The van der Waals surface area contributed by atoms with Gasteiger partial charge in [-0.25, -0.2) is 4.39 Å². The summed E-state index contributed by atoms with van der Waals surface area (Å²) in [7, 11) is 0. The smallest absolute Gasteiger partial charge is 0.137 e. The van der Waals surface area contributed by atoms with Crippen LogP contribution in [-0.4, -0.2) is 11.9 Å². The van der Waals surface area contributed by atoms with Gasteiger partial charge in [0.2, 0.25) is 0 Å². The molecule has 4 heteroatoms. The lowest BCUT2D eigenvalue weighted by Crippen LogP contribution is -2.31. The summed E-state index contributed by atoms with van der Waals surface area (Å²) in [5.41, 5.74) is 5.54.